The lowest BCUT2D eigenvalue weighted by molar-refractivity contribution is -0.119. The van der Waals surface area contributed by atoms with Gasteiger partial charge in [-0.25, -0.2) is 4.98 Å². The zero-order valence-electron chi connectivity index (χ0n) is 16.7. The summed E-state index contributed by atoms with van der Waals surface area (Å²) in [5, 5.41) is 4.03. The van der Waals surface area contributed by atoms with Crippen molar-refractivity contribution in [1.29, 1.82) is 0 Å². The SMILES string of the molecule is CC(=O)c1sc(SCC(=O)NC[C@H]2CN(Cc3ccc(Cl)c(Cl)c3)CCO2)nc1C. The van der Waals surface area contributed by atoms with Crippen LogP contribution in [0.2, 0.25) is 10.0 Å². The predicted molar refractivity (Wildman–Crippen MR) is 122 cm³/mol. The van der Waals surface area contributed by atoms with E-state index < -0.39 is 0 Å². The Hall–Kier alpha value is -1.16. The fraction of sp³-hybridized carbons (Fsp3) is 0.450. The van der Waals surface area contributed by atoms with Gasteiger partial charge in [0.15, 0.2) is 10.1 Å². The van der Waals surface area contributed by atoms with Crippen LogP contribution in [0.3, 0.4) is 0 Å². The van der Waals surface area contributed by atoms with Gasteiger partial charge >= 0.3 is 0 Å². The summed E-state index contributed by atoms with van der Waals surface area (Å²) in [7, 11) is 0. The number of aromatic nitrogens is 1. The lowest BCUT2D eigenvalue weighted by atomic mass is 10.2. The summed E-state index contributed by atoms with van der Waals surface area (Å²) in [5.41, 5.74) is 1.81. The van der Waals surface area contributed by atoms with E-state index in [0.717, 1.165) is 29.5 Å². The maximum Gasteiger partial charge on any atom is 0.230 e. The highest BCUT2D eigenvalue weighted by Gasteiger charge is 2.21. The van der Waals surface area contributed by atoms with Crippen LogP contribution >= 0.6 is 46.3 Å². The number of morpholine rings is 1. The first-order valence-electron chi connectivity index (χ1n) is 9.47. The molecule has 1 aliphatic rings. The highest BCUT2D eigenvalue weighted by atomic mass is 35.5. The molecular formula is C20H23Cl2N3O3S2. The fourth-order valence-corrected chi connectivity index (χ4v) is 5.35. The van der Waals surface area contributed by atoms with Gasteiger partial charge in [0, 0.05) is 33.1 Å². The fourth-order valence-electron chi connectivity index (χ4n) is 3.11. The first kappa shape index (κ1) is 23.5. The van der Waals surface area contributed by atoms with E-state index in [-0.39, 0.29) is 23.5 Å². The van der Waals surface area contributed by atoms with Gasteiger partial charge in [-0.1, -0.05) is 41.0 Å². The van der Waals surface area contributed by atoms with Crippen LogP contribution in [0.5, 0.6) is 0 Å². The zero-order valence-corrected chi connectivity index (χ0v) is 19.9. The first-order valence-corrected chi connectivity index (χ1v) is 12.0. The molecular weight excluding hydrogens is 465 g/mol. The van der Waals surface area contributed by atoms with Crippen LogP contribution in [0.4, 0.5) is 0 Å². The average molecular weight is 488 g/mol. The molecule has 0 unspecified atom stereocenters. The van der Waals surface area contributed by atoms with E-state index in [9.17, 15) is 9.59 Å². The van der Waals surface area contributed by atoms with Gasteiger partial charge in [0.05, 0.1) is 39.1 Å². The van der Waals surface area contributed by atoms with Crippen LogP contribution in [0.1, 0.15) is 27.9 Å². The number of Topliss-reactive ketones (excluding diaryl/α,β-unsaturated/α-hetero) is 1. The monoisotopic (exact) mass is 487 g/mol. The van der Waals surface area contributed by atoms with Crippen molar-refractivity contribution in [3.05, 3.63) is 44.4 Å². The second-order valence-electron chi connectivity index (χ2n) is 7.02. The third kappa shape index (κ3) is 6.67. The van der Waals surface area contributed by atoms with Crippen molar-refractivity contribution in [2.24, 2.45) is 0 Å². The molecule has 1 amide bonds. The van der Waals surface area contributed by atoms with Crippen molar-refractivity contribution in [2.75, 3.05) is 32.0 Å². The van der Waals surface area contributed by atoms with Gasteiger partial charge in [0.1, 0.15) is 0 Å². The summed E-state index contributed by atoms with van der Waals surface area (Å²) in [5.74, 6) is 0.174. The van der Waals surface area contributed by atoms with Gasteiger partial charge in [0.2, 0.25) is 5.91 Å². The molecule has 2 heterocycles. The molecule has 0 radical (unpaired) electrons. The summed E-state index contributed by atoms with van der Waals surface area (Å²) in [6.07, 6.45) is -0.0677. The molecule has 30 heavy (non-hydrogen) atoms. The Morgan fingerprint density at radius 3 is 2.87 bits per heavy atom. The number of ether oxygens (including phenoxy) is 1. The summed E-state index contributed by atoms with van der Waals surface area (Å²) < 4.78 is 6.52. The van der Waals surface area contributed by atoms with Gasteiger partial charge in [-0.15, -0.1) is 11.3 Å². The second-order valence-corrected chi connectivity index (χ2v) is 10.1. The summed E-state index contributed by atoms with van der Waals surface area (Å²) in [6.45, 7) is 6.69. The molecule has 1 atom stereocenters. The second kappa shape index (κ2) is 10.9. The number of thiazole rings is 1. The van der Waals surface area contributed by atoms with Crippen molar-refractivity contribution in [3.8, 4) is 0 Å². The lowest BCUT2D eigenvalue weighted by Gasteiger charge is -2.33. The van der Waals surface area contributed by atoms with E-state index >= 15 is 0 Å². The highest BCUT2D eigenvalue weighted by molar-refractivity contribution is 8.01. The van der Waals surface area contributed by atoms with Crippen molar-refractivity contribution in [3.63, 3.8) is 0 Å². The number of rotatable bonds is 8. The molecule has 1 aromatic carbocycles. The number of amides is 1. The third-order valence-corrected chi connectivity index (χ3v) is 7.70. The quantitative estimate of drug-likeness (QED) is 0.446. The lowest BCUT2D eigenvalue weighted by Crippen LogP contribution is -2.47. The van der Waals surface area contributed by atoms with Crippen molar-refractivity contribution in [2.45, 2.75) is 30.8 Å². The molecule has 3 rings (SSSR count). The normalized spacial score (nSPS) is 17.1. The number of hydrogen-bond acceptors (Lipinski definition) is 7. The number of benzene rings is 1. The summed E-state index contributed by atoms with van der Waals surface area (Å²) >= 11 is 14.8. The van der Waals surface area contributed by atoms with E-state index in [2.05, 4.69) is 15.2 Å². The van der Waals surface area contributed by atoms with Crippen LogP contribution in [0.15, 0.2) is 22.5 Å². The Bertz CT molecular complexity index is 923. The number of hydrogen-bond donors (Lipinski definition) is 1. The predicted octanol–water partition coefficient (Wildman–Crippen LogP) is 4.07. The third-order valence-electron chi connectivity index (χ3n) is 4.56. The van der Waals surface area contributed by atoms with Crippen LogP contribution in [-0.2, 0) is 16.1 Å². The Morgan fingerprint density at radius 2 is 2.17 bits per heavy atom. The molecule has 1 N–H and O–H groups in total. The minimum absolute atomic E-state index is 0.00109. The molecule has 0 bridgehead atoms. The number of ketones is 1. The highest BCUT2D eigenvalue weighted by Crippen LogP contribution is 2.27. The van der Waals surface area contributed by atoms with Crippen molar-refractivity contribution < 1.29 is 14.3 Å². The minimum Gasteiger partial charge on any atom is -0.374 e. The van der Waals surface area contributed by atoms with E-state index in [4.69, 9.17) is 27.9 Å². The number of nitrogens with zero attached hydrogens (tertiary/aromatic N) is 2. The molecule has 0 spiro atoms. The van der Waals surface area contributed by atoms with Crippen molar-refractivity contribution in [1.82, 2.24) is 15.2 Å². The van der Waals surface area contributed by atoms with Crippen LogP contribution < -0.4 is 5.32 Å². The number of halogens is 2. The van der Waals surface area contributed by atoms with Crippen LogP contribution in [-0.4, -0.2) is 59.7 Å². The molecule has 162 valence electrons. The topological polar surface area (TPSA) is 71.5 Å². The average Bonchev–Trinajstić information content (AvgIpc) is 3.09. The molecule has 0 aliphatic carbocycles. The Kier molecular flexibility index (Phi) is 8.56. The first-order chi connectivity index (χ1) is 14.3. The molecule has 1 aromatic heterocycles. The van der Waals surface area contributed by atoms with E-state index in [1.54, 1.807) is 6.07 Å². The largest absolute Gasteiger partial charge is 0.374 e. The van der Waals surface area contributed by atoms with Crippen molar-refractivity contribution >= 4 is 58.0 Å². The number of carbonyl (C=O) groups excluding carboxylic acids is 2. The molecule has 1 aliphatic heterocycles. The molecule has 0 saturated carbocycles. The molecule has 1 fully saturated rings. The summed E-state index contributed by atoms with van der Waals surface area (Å²) in [4.78, 5) is 31.0. The Morgan fingerprint density at radius 1 is 1.37 bits per heavy atom. The molecule has 1 saturated heterocycles. The van der Waals surface area contributed by atoms with Gasteiger partial charge in [-0.05, 0) is 24.6 Å². The number of carbonyl (C=O) groups is 2. The number of thioether (sulfide) groups is 1. The smallest absolute Gasteiger partial charge is 0.230 e. The zero-order chi connectivity index (χ0) is 21.7. The summed E-state index contributed by atoms with van der Waals surface area (Å²) in [6, 6.07) is 5.65. The molecule has 10 heteroatoms. The number of nitrogens with one attached hydrogen (secondary N) is 1. The minimum atomic E-state index is -0.0811. The number of aryl methyl sites for hydroxylation is 1. The Labute approximate surface area is 194 Å². The maximum atomic E-state index is 12.2. The van der Waals surface area contributed by atoms with E-state index in [0.29, 0.717) is 33.8 Å². The molecule has 6 nitrogen and oxygen atoms in total. The van der Waals surface area contributed by atoms with Gasteiger partial charge < -0.3 is 10.1 Å². The van der Waals surface area contributed by atoms with E-state index in [1.807, 2.05) is 19.1 Å². The van der Waals surface area contributed by atoms with Gasteiger partial charge in [0.25, 0.3) is 0 Å². The molecule has 2 aromatic rings. The van der Waals surface area contributed by atoms with Gasteiger partial charge in [-0.3, -0.25) is 14.5 Å². The van der Waals surface area contributed by atoms with Gasteiger partial charge in [-0.2, -0.15) is 0 Å². The Balaban J connectivity index is 1.42. The maximum absolute atomic E-state index is 12.2. The standard InChI is InChI=1S/C20H23Cl2N3O3S2/c1-12-19(13(2)26)30-20(24-12)29-11-18(27)23-8-15-10-25(5-6-28-15)9-14-3-4-16(21)17(22)7-14/h3-4,7,15H,5-6,8-11H2,1-2H3,(H,23,27)/t15-/m0/s1. The van der Waals surface area contributed by atoms with Crippen LogP contribution in [0, 0.1) is 6.92 Å². The van der Waals surface area contributed by atoms with Crippen LogP contribution in [0.25, 0.3) is 0 Å². The van der Waals surface area contributed by atoms with E-state index in [1.165, 1.54) is 30.0 Å².